The Labute approximate surface area is 106 Å². The molecule has 0 bridgehead atoms. The molecule has 1 aromatic carbocycles. The molecule has 0 aromatic heterocycles. The van der Waals surface area contributed by atoms with Gasteiger partial charge in [-0.15, -0.1) is 0 Å². The minimum atomic E-state index is -1.36. The SMILES string of the molecule is O=C(O)c1ccc([N+](=O)[O-])cc1N1C(=O)CCC1=O. The van der Waals surface area contributed by atoms with E-state index in [-0.39, 0.29) is 29.8 Å². The summed E-state index contributed by atoms with van der Waals surface area (Å²) in [5, 5.41) is 19.7. The minimum absolute atomic E-state index is 0.0272. The molecule has 1 heterocycles. The summed E-state index contributed by atoms with van der Waals surface area (Å²) in [6.45, 7) is 0. The van der Waals surface area contributed by atoms with Crippen molar-refractivity contribution in [3.63, 3.8) is 0 Å². The number of carbonyl (C=O) groups excluding carboxylic acids is 2. The second kappa shape index (κ2) is 4.48. The van der Waals surface area contributed by atoms with Gasteiger partial charge in [0.05, 0.1) is 16.2 Å². The summed E-state index contributed by atoms with van der Waals surface area (Å²) < 4.78 is 0. The highest BCUT2D eigenvalue weighted by molar-refractivity contribution is 6.21. The van der Waals surface area contributed by atoms with E-state index in [1.807, 2.05) is 0 Å². The van der Waals surface area contributed by atoms with Crippen LogP contribution in [0.5, 0.6) is 0 Å². The van der Waals surface area contributed by atoms with Gasteiger partial charge in [0.2, 0.25) is 11.8 Å². The van der Waals surface area contributed by atoms with Crippen molar-refractivity contribution in [2.75, 3.05) is 4.90 Å². The number of carbonyl (C=O) groups is 3. The average molecular weight is 264 g/mol. The van der Waals surface area contributed by atoms with Gasteiger partial charge in [0.1, 0.15) is 0 Å². The number of nitro benzene ring substituents is 1. The number of nitro groups is 1. The Hall–Kier alpha value is -2.77. The van der Waals surface area contributed by atoms with Crippen molar-refractivity contribution in [2.24, 2.45) is 0 Å². The Bertz CT molecular complexity index is 593. The summed E-state index contributed by atoms with van der Waals surface area (Å²) in [7, 11) is 0. The van der Waals surface area contributed by atoms with Gasteiger partial charge in [-0.2, -0.15) is 0 Å². The van der Waals surface area contributed by atoms with Crippen LogP contribution in [-0.4, -0.2) is 27.8 Å². The van der Waals surface area contributed by atoms with Gasteiger partial charge in [0.25, 0.3) is 5.69 Å². The maximum atomic E-state index is 11.6. The van der Waals surface area contributed by atoms with Gasteiger partial charge in [0.15, 0.2) is 0 Å². The van der Waals surface area contributed by atoms with Crippen LogP contribution in [0.25, 0.3) is 0 Å². The zero-order chi connectivity index (χ0) is 14.2. The monoisotopic (exact) mass is 264 g/mol. The molecular weight excluding hydrogens is 256 g/mol. The highest BCUT2D eigenvalue weighted by Crippen LogP contribution is 2.30. The van der Waals surface area contributed by atoms with Gasteiger partial charge in [-0.1, -0.05) is 0 Å². The van der Waals surface area contributed by atoms with E-state index in [0.29, 0.717) is 4.90 Å². The second-order valence-electron chi connectivity index (χ2n) is 3.89. The fourth-order valence-corrected chi connectivity index (χ4v) is 1.84. The van der Waals surface area contributed by atoms with Crippen molar-refractivity contribution in [1.29, 1.82) is 0 Å². The summed E-state index contributed by atoms with van der Waals surface area (Å²) in [5.74, 6) is -2.49. The lowest BCUT2D eigenvalue weighted by Crippen LogP contribution is -2.30. The molecular formula is C11H8N2O6. The van der Waals surface area contributed by atoms with Gasteiger partial charge in [-0.25, -0.2) is 9.69 Å². The van der Waals surface area contributed by atoms with E-state index in [1.165, 1.54) is 0 Å². The first-order chi connectivity index (χ1) is 8.91. The molecule has 0 unspecified atom stereocenters. The molecule has 1 fully saturated rings. The number of rotatable bonds is 3. The second-order valence-corrected chi connectivity index (χ2v) is 3.89. The smallest absolute Gasteiger partial charge is 0.337 e. The Balaban J connectivity index is 2.61. The normalized spacial score (nSPS) is 14.8. The molecule has 0 radical (unpaired) electrons. The first-order valence-corrected chi connectivity index (χ1v) is 5.29. The van der Waals surface area contributed by atoms with E-state index in [2.05, 4.69) is 0 Å². The number of amides is 2. The van der Waals surface area contributed by atoms with Crippen LogP contribution in [0.15, 0.2) is 18.2 Å². The molecule has 0 atom stereocenters. The van der Waals surface area contributed by atoms with Crippen molar-refractivity contribution in [2.45, 2.75) is 12.8 Å². The van der Waals surface area contributed by atoms with Crippen LogP contribution in [0.1, 0.15) is 23.2 Å². The quantitative estimate of drug-likeness (QED) is 0.493. The van der Waals surface area contributed by atoms with E-state index in [9.17, 15) is 24.5 Å². The number of hydrogen-bond acceptors (Lipinski definition) is 5. The number of nitrogens with zero attached hydrogens (tertiary/aromatic N) is 2. The first kappa shape index (κ1) is 12.7. The molecule has 1 saturated heterocycles. The number of imide groups is 1. The van der Waals surface area contributed by atoms with E-state index < -0.39 is 22.7 Å². The standard InChI is InChI=1S/C11H8N2O6/c14-9-3-4-10(15)12(9)8-5-6(13(18)19)1-2-7(8)11(16)17/h1-2,5H,3-4H2,(H,16,17). The lowest BCUT2D eigenvalue weighted by atomic mass is 10.1. The molecule has 8 nitrogen and oxygen atoms in total. The van der Waals surface area contributed by atoms with Crippen LogP contribution in [0.4, 0.5) is 11.4 Å². The van der Waals surface area contributed by atoms with Gasteiger partial charge in [-0.05, 0) is 6.07 Å². The van der Waals surface area contributed by atoms with Gasteiger partial charge < -0.3 is 5.11 Å². The summed E-state index contributed by atoms with van der Waals surface area (Å²) >= 11 is 0. The van der Waals surface area contributed by atoms with E-state index in [1.54, 1.807) is 0 Å². The largest absolute Gasteiger partial charge is 0.478 e. The van der Waals surface area contributed by atoms with E-state index in [4.69, 9.17) is 5.11 Å². The molecule has 2 rings (SSSR count). The summed E-state index contributed by atoms with van der Waals surface area (Å²) in [5.41, 5.74) is -0.962. The van der Waals surface area contributed by atoms with Crippen molar-refractivity contribution >= 4 is 29.2 Å². The number of hydrogen-bond donors (Lipinski definition) is 1. The van der Waals surface area contributed by atoms with Crippen molar-refractivity contribution < 1.29 is 24.4 Å². The number of aromatic carboxylic acids is 1. The molecule has 2 amide bonds. The van der Waals surface area contributed by atoms with Crippen LogP contribution >= 0.6 is 0 Å². The average Bonchev–Trinajstić information content (AvgIpc) is 2.68. The topological polar surface area (TPSA) is 118 Å². The molecule has 1 aliphatic rings. The number of anilines is 1. The number of carboxylic acids is 1. The predicted molar refractivity (Wildman–Crippen MR) is 61.8 cm³/mol. The summed E-state index contributed by atoms with van der Waals surface area (Å²) in [6.07, 6.45) is -0.0544. The van der Waals surface area contributed by atoms with Crippen molar-refractivity contribution in [3.8, 4) is 0 Å². The number of carboxylic acid groups (broad SMARTS) is 1. The van der Waals surface area contributed by atoms with Crippen LogP contribution in [0, 0.1) is 10.1 Å². The van der Waals surface area contributed by atoms with E-state index in [0.717, 1.165) is 18.2 Å². The highest BCUT2D eigenvalue weighted by atomic mass is 16.6. The van der Waals surface area contributed by atoms with Crippen LogP contribution in [0.3, 0.4) is 0 Å². The van der Waals surface area contributed by atoms with Gasteiger partial charge in [-0.3, -0.25) is 19.7 Å². The molecule has 98 valence electrons. The van der Waals surface area contributed by atoms with Crippen LogP contribution in [-0.2, 0) is 9.59 Å². The third kappa shape index (κ3) is 2.15. The molecule has 1 aromatic rings. The van der Waals surface area contributed by atoms with Crippen LogP contribution < -0.4 is 4.90 Å². The minimum Gasteiger partial charge on any atom is -0.478 e. The van der Waals surface area contributed by atoms with Gasteiger partial charge in [0, 0.05) is 25.0 Å². The summed E-state index contributed by atoms with van der Waals surface area (Å²) in [6, 6.07) is 2.94. The molecule has 1 N–H and O–H groups in total. The fraction of sp³-hybridized carbons (Fsp3) is 0.182. The maximum absolute atomic E-state index is 11.6. The van der Waals surface area contributed by atoms with E-state index >= 15 is 0 Å². The Kier molecular flexibility index (Phi) is 2.99. The fourth-order valence-electron chi connectivity index (χ4n) is 1.84. The molecule has 19 heavy (non-hydrogen) atoms. The zero-order valence-electron chi connectivity index (χ0n) is 9.53. The Morgan fingerprint density at radius 3 is 2.32 bits per heavy atom. The molecule has 0 saturated carbocycles. The molecule has 0 aliphatic carbocycles. The lowest BCUT2D eigenvalue weighted by molar-refractivity contribution is -0.384. The number of non-ortho nitro benzene ring substituents is 1. The van der Waals surface area contributed by atoms with Crippen LogP contribution in [0.2, 0.25) is 0 Å². The Morgan fingerprint density at radius 2 is 1.84 bits per heavy atom. The van der Waals surface area contributed by atoms with Crippen molar-refractivity contribution in [1.82, 2.24) is 0 Å². The summed E-state index contributed by atoms with van der Waals surface area (Å²) in [4.78, 5) is 44.9. The first-order valence-electron chi connectivity index (χ1n) is 5.29. The molecule has 8 heteroatoms. The third-order valence-electron chi connectivity index (χ3n) is 2.71. The lowest BCUT2D eigenvalue weighted by Gasteiger charge is -2.15. The highest BCUT2D eigenvalue weighted by Gasteiger charge is 2.34. The van der Waals surface area contributed by atoms with Gasteiger partial charge >= 0.3 is 5.97 Å². The third-order valence-corrected chi connectivity index (χ3v) is 2.71. The molecule has 1 aliphatic heterocycles. The predicted octanol–water partition coefficient (Wildman–Crippen LogP) is 0.946. The number of benzene rings is 1. The Morgan fingerprint density at radius 1 is 1.26 bits per heavy atom. The van der Waals surface area contributed by atoms with Crippen molar-refractivity contribution in [3.05, 3.63) is 33.9 Å². The maximum Gasteiger partial charge on any atom is 0.337 e. The zero-order valence-corrected chi connectivity index (χ0v) is 9.53. The molecule has 0 spiro atoms.